The van der Waals surface area contributed by atoms with Gasteiger partial charge in [-0.1, -0.05) is 12.1 Å². The molecule has 0 saturated heterocycles. The van der Waals surface area contributed by atoms with Crippen LogP contribution in [0.25, 0.3) is 0 Å². The average Bonchev–Trinajstić information content (AvgIpc) is 2.51. The van der Waals surface area contributed by atoms with E-state index in [1.165, 1.54) is 25.3 Å². The Kier molecular flexibility index (Phi) is 7.57. The Morgan fingerprint density at radius 1 is 1.38 bits per heavy atom. The summed E-state index contributed by atoms with van der Waals surface area (Å²) in [6.07, 6.45) is -1.14. The molecule has 0 fully saturated rings. The first kappa shape index (κ1) is 21.4. The van der Waals surface area contributed by atoms with E-state index >= 15 is 0 Å². The van der Waals surface area contributed by atoms with Crippen molar-refractivity contribution in [1.82, 2.24) is 4.90 Å². The predicted molar refractivity (Wildman–Crippen MR) is 92.8 cm³/mol. The van der Waals surface area contributed by atoms with Gasteiger partial charge in [-0.25, -0.2) is 18.9 Å². The predicted octanol–water partition coefficient (Wildman–Crippen LogP) is 3.99. The van der Waals surface area contributed by atoms with E-state index in [0.717, 1.165) is 6.07 Å². The number of rotatable bonds is 7. The van der Waals surface area contributed by atoms with Gasteiger partial charge in [0.2, 0.25) is 0 Å². The van der Waals surface area contributed by atoms with Crippen LogP contribution in [-0.2, 0) is 9.47 Å². The van der Waals surface area contributed by atoms with Gasteiger partial charge in [-0.15, -0.1) is 6.58 Å². The highest BCUT2D eigenvalue weighted by Crippen LogP contribution is 2.28. The van der Waals surface area contributed by atoms with Crippen LogP contribution in [0.5, 0.6) is 5.75 Å². The molecule has 144 valence electrons. The smallest absolute Gasteiger partial charge is 0.420 e. The maximum absolute atomic E-state index is 14.1. The number of hydrogen-bond acceptors (Lipinski definition) is 5. The van der Waals surface area contributed by atoms with Gasteiger partial charge in [0.15, 0.2) is 11.6 Å². The molecular weight excluding hydrogens is 345 g/mol. The Hall–Kier alpha value is -2.61. The number of carboxylic acid groups (broad SMARTS) is 1. The SMILES string of the molecule is C=CCOC[C@H](c1ccc(OC)c(F)c1)N(C(=O)O)C(=O)OC(C)(C)C. The first-order chi connectivity index (χ1) is 12.1. The largest absolute Gasteiger partial charge is 0.494 e. The minimum Gasteiger partial charge on any atom is -0.494 e. The van der Waals surface area contributed by atoms with Crippen LogP contribution in [0.15, 0.2) is 30.9 Å². The van der Waals surface area contributed by atoms with Crippen molar-refractivity contribution in [3.05, 3.63) is 42.2 Å². The molecule has 1 aromatic carbocycles. The zero-order chi connectivity index (χ0) is 19.9. The van der Waals surface area contributed by atoms with Gasteiger partial charge in [0.25, 0.3) is 0 Å². The first-order valence-corrected chi connectivity index (χ1v) is 7.88. The molecule has 0 aromatic heterocycles. The molecule has 7 nitrogen and oxygen atoms in total. The number of methoxy groups -OCH3 is 1. The molecule has 0 aliphatic rings. The summed E-state index contributed by atoms with van der Waals surface area (Å²) in [5, 5.41) is 9.53. The molecule has 1 atom stereocenters. The Balaban J connectivity index is 3.27. The Bertz CT molecular complexity index is 656. The van der Waals surface area contributed by atoms with E-state index in [9.17, 15) is 19.1 Å². The van der Waals surface area contributed by atoms with E-state index in [1.54, 1.807) is 20.8 Å². The van der Waals surface area contributed by atoms with Crippen LogP contribution in [-0.4, -0.2) is 48.1 Å². The molecule has 0 radical (unpaired) electrons. The molecule has 2 amide bonds. The van der Waals surface area contributed by atoms with Crippen LogP contribution >= 0.6 is 0 Å². The van der Waals surface area contributed by atoms with Crippen LogP contribution in [0.1, 0.15) is 32.4 Å². The van der Waals surface area contributed by atoms with E-state index in [0.29, 0.717) is 4.90 Å². The molecule has 0 unspecified atom stereocenters. The number of imide groups is 1. The monoisotopic (exact) mass is 369 g/mol. The second kappa shape index (κ2) is 9.19. The van der Waals surface area contributed by atoms with Crippen molar-refractivity contribution in [1.29, 1.82) is 0 Å². The van der Waals surface area contributed by atoms with Crippen LogP contribution < -0.4 is 4.74 Å². The standard InChI is InChI=1S/C18H24FNO6/c1-6-9-25-11-14(12-7-8-15(24-5)13(19)10-12)20(16(21)22)17(23)26-18(2,3)4/h6-8,10,14H,1,9,11H2,2-5H3,(H,21,22)/t14-/m1/s1. The lowest BCUT2D eigenvalue weighted by Crippen LogP contribution is -2.44. The highest BCUT2D eigenvalue weighted by Gasteiger charge is 2.35. The fourth-order valence-corrected chi connectivity index (χ4v) is 2.12. The number of ether oxygens (including phenoxy) is 3. The third-order valence-corrected chi connectivity index (χ3v) is 3.18. The summed E-state index contributed by atoms with van der Waals surface area (Å²) >= 11 is 0. The number of amides is 2. The lowest BCUT2D eigenvalue weighted by molar-refractivity contribution is 0.00705. The molecule has 0 saturated carbocycles. The molecule has 0 heterocycles. The number of nitrogens with zero attached hydrogens (tertiary/aromatic N) is 1. The highest BCUT2D eigenvalue weighted by molar-refractivity contribution is 5.87. The minimum atomic E-state index is -1.54. The number of halogens is 1. The summed E-state index contributed by atoms with van der Waals surface area (Å²) in [4.78, 5) is 24.6. The molecule has 0 aliphatic carbocycles. The number of carbonyl (C=O) groups excluding carboxylic acids is 1. The van der Waals surface area contributed by atoms with E-state index in [-0.39, 0.29) is 24.5 Å². The number of benzene rings is 1. The fourth-order valence-electron chi connectivity index (χ4n) is 2.12. The van der Waals surface area contributed by atoms with E-state index < -0.39 is 29.6 Å². The normalized spacial score (nSPS) is 12.2. The van der Waals surface area contributed by atoms with E-state index in [1.807, 2.05) is 0 Å². The molecule has 1 aromatic rings. The maximum Gasteiger partial charge on any atom is 0.420 e. The lowest BCUT2D eigenvalue weighted by atomic mass is 10.1. The zero-order valence-corrected chi connectivity index (χ0v) is 15.3. The molecular formula is C18H24FNO6. The van der Waals surface area contributed by atoms with Gasteiger partial charge < -0.3 is 19.3 Å². The second-order valence-corrected chi connectivity index (χ2v) is 6.37. The average molecular weight is 369 g/mol. The van der Waals surface area contributed by atoms with Gasteiger partial charge in [-0.2, -0.15) is 0 Å². The van der Waals surface area contributed by atoms with Gasteiger partial charge in [-0.05, 0) is 38.5 Å². The van der Waals surface area contributed by atoms with Crippen molar-refractivity contribution < 1.29 is 33.3 Å². The molecule has 0 spiro atoms. The van der Waals surface area contributed by atoms with Crippen molar-refractivity contribution in [3.63, 3.8) is 0 Å². The topological polar surface area (TPSA) is 85.3 Å². The third kappa shape index (κ3) is 6.03. The Morgan fingerprint density at radius 3 is 2.50 bits per heavy atom. The highest BCUT2D eigenvalue weighted by atomic mass is 19.1. The van der Waals surface area contributed by atoms with Crippen LogP contribution in [0.4, 0.5) is 14.0 Å². The van der Waals surface area contributed by atoms with Crippen molar-refractivity contribution in [3.8, 4) is 5.75 Å². The van der Waals surface area contributed by atoms with Gasteiger partial charge in [0, 0.05) is 0 Å². The molecule has 8 heteroatoms. The molecule has 1 N–H and O–H groups in total. The molecule has 1 rings (SSSR count). The van der Waals surface area contributed by atoms with Crippen LogP contribution in [0.2, 0.25) is 0 Å². The summed E-state index contributed by atoms with van der Waals surface area (Å²) in [6.45, 7) is 8.29. The summed E-state index contributed by atoms with van der Waals surface area (Å²) in [5.74, 6) is -0.688. The summed E-state index contributed by atoms with van der Waals surface area (Å²) in [6, 6.07) is 2.80. The van der Waals surface area contributed by atoms with Crippen molar-refractivity contribution in [2.75, 3.05) is 20.3 Å². The maximum atomic E-state index is 14.1. The molecule has 0 bridgehead atoms. The Labute approximate surface area is 152 Å². The number of carbonyl (C=O) groups is 2. The minimum absolute atomic E-state index is 0.00125. The first-order valence-electron chi connectivity index (χ1n) is 7.88. The zero-order valence-electron chi connectivity index (χ0n) is 15.3. The van der Waals surface area contributed by atoms with Gasteiger partial charge in [-0.3, -0.25) is 0 Å². The van der Waals surface area contributed by atoms with Crippen molar-refractivity contribution >= 4 is 12.2 Å². The quantitative estimate of drug-likeness (QED) is 0.578. The molecule has 0 aliphatic heterocycles. The molecule has 26 heavy (non-hydrogen) atoms. The summed E-state index contributed by atoms with van der Waals surface area (Å²) in [5.41, 5.74) is -0.678. The third-order valence-electron chi connectivity index (χ3n) is 3.18. The number of hydrogen-bond donors (Lipinski definition) is 1. The van der Waals surface area contributed by atoms with Gasteiger partial charge >= 0.3 is 12.2 Å². The second-order valence-electron chi connectivity index (χ2n) is 6.37. The summed E-state index contributed by atoms with van der Waals surface area (Å²) < 4.78 is 29.4. The fraction of sp³-hybridized carbons (Fsp3) is 0.444. The van der Waals surface area contributed by atoms with Crippen LogP contribution in [0, 0.1) is 5.82 Å². The van der Waals surface area contributed by atoms with Crippen LogP contribution in [0.3, 0.4) is 0 Å². The van der Waals surface area contributed by atoms with E-state index in [4.69, 9.17) is 14.2 Å². The summed E-state index contributed by atoms with van der Waals surface area (Å²) in [7, 11) is 1.31. The van der Waals surface area contributed by atoms with Crippen molar-refractivity contribution in [2.24, 2.45) is 0 Å². The van der Waals surface area contributed by atoms with Crippen molar-refractivity contribution in [2.45, 2.75) is 32.4 Å². The van der Waals surface area contributed by atoms with Gasteiger partial charge in [0.05, 0.1) is 26.4 Å². The Morgan fingerprint density at radius 2 is 2.04 bits per heavy atom. The lowest BCUT2D eigenvalue weighted by Gasteiger charge is -2.30. The van der Waals surface area contributed by atoms with Gasteiger partial charge in [0.1, 0.15) is 5.60 Å². The van der Waals surface area contributed by atoms with E-state index in [2.05, 4.69) is 6.58 Å².